The van der Waals surface area contributed by atoms with Crippen molar-refractivity contribution >= 4 is 0 Å². The predicted molar refractivity (Wildman–Crippen MR) is 70.1 cm³/mol. The summed E-state index contributed by atoms with van der Waals surface area (Å²) in [6.45, 7) is 5.35. The van der Waals surface area contributed by atoms with Gasteiger partial charge in [-0.2, -0.15) is 5.10 Å². The van der Waals surface area contributed by atoms with Crippen LogP contribution in [0.2, 0.25) is 0 Å². The number of nitrogens with zero attached hydrogens (tertiary/aromatic N) is 4. The van der Waals surface area contributed by atoms with Gasteiger partial charge in [-0.15, -0.1) is 0 Å². The number of nitrogens with one attached hydrogen (secondary N) is 1. The molecule has 0 aliphatic heterocycles. The highest BCUT2D eigenvalue weighted by Gasteiger charge is 2.13. The van der Waals surface area contributed by atoms with Gasteiger partial charge in [0.25, 0.3) is 0 Å². The third-order valence-electron chi connectivity index (χ3n) is 2.90. The lowest BCUT2D eigenvalue weighted by Crippen LogP contribution is -2.32. The maximum Gasteiger partial charge on any atom is 0.138 e. The Morgan fingerprint density at radius 1 is 1.41 bits per heavy atom. The minimum atomic E-state index is 0.374. The van der Waals surface area contributed by atoms with E-state index in [4.69, 9.17) is 0 Å². The molecule has 0 amide bonds. The van der Waals surface area contributed by atoms with Crippen LogP contribution in [-0.4, -0.2) is 53.4 Å². The average Bonchev–Trinajstić information content (AvgIpc) is 2.71. The second-order valence-electron chi connectivity index (χ2n) is 5.00. The molecular weight excluding hydrogens is 214 g/mol. The molecular formula is C12H25N5. The van der Waals surface area contributed by atoms with Crippen LogP contribution in [0.5, 0.6) is 0 Å². The molecule has 1 aromatic heterocycles. The second kappa shape index (κ2) is 6.71. The number of rotatable bonds is 7. The van der Waals surface area contributed by atoms with Crippen LogP contribution in [0, 0.1) is 0 Å². The van der Waals surface area contributed by atoms with Gasteiger partial charge >= 0.3 is 0 Å². The fourth-order valence-corrected chi connectivity index (χ4v) is 1.83. The SMILES string of the molecule is CNC(CCN(C)C)Cc1ncnn1C(C)C. The van der Waals surface area contributed by atoms with E-state index < -0.39 is 0 Å². The Hall–Kier alpha value is -0.940. The van der Waals surface area contributed by atoms with Crippen LogP contribution < -0.4 is 5.32 Å². The molecule has 17 heavy (non-hydrogen) atoms. The summed E-state index contributed by atoms with van der Waals surface area (Å²) in [4.78, 5) is 6.56. The number of likely N-dealkylation sites (N-methyl/N-ethyl adjacent to an activating group) is 1. The monoisotopic (exact) mass is 239 g/mol. The number of aromatic nitrogens is 3. The van der Waals surface area contributed by atoms with E-state index >= 15 is 0 Å². The van der Waals surface area contributed by atoms with E-state index in [9.17, 15) is 0 Å². The first-order chi connectivity index (χ1) is 8.04. The van der Waals surface area contributed by atoms with Gasteiger partial charge in [-0.25, -0.2) is 9.67 Å². The van der Waals surface area contributed by atoms with Crippen molar-refractivity contribution in [3.05, 3.63) is 12.2 Å². The quantitative estimate of drug-likeness (QED) is 0.769. The van der Waals surface area contributed by atoms with Gasteiger partial charge in [-0.1, -0.05) is 0 Å². The molecule has 0 aliphatic rings. The zero-order chi connectivity index (χ0) is 12.8. The third kappa shape index (κ3) is 4.44. The third-order valence-corrected chi connectivity index (χ3v) is 2.90. The van der Waals surface area contributed by atoms with Crippen molar-refractivity contribution in [1.29, 1.82) is 0 Å². The largest absolute Gasteiger partial charge is 0.317 e. The first-order valence-corrected chi connectivity index (χ1v) is 6.25. The van der Waals surface area contributed by atoms with Crippen molar-refractivity contribution < 1.29 is 0 Å². The Morgan fingerprint density at radius 3 is 2.65 bits per heavy atom. The smallest absolute Gasteiger partial charge is 0.138 e. The maximum absolute atomic E-state index is 4.35. The standard InChI is InChI=1S/C12H25N5/c1-10(2)17-12(14-9-15-17)8-11(13-3)6-7-16(4)5/h9-11,13H,6-8H2,1-5H3. The molecule has 0 bridgehead atoms. The van der Waals surface area contributed by atoms with E-state index in [1.165, 1.54) is 0 Å². The zero-order valence-electron chi connectivity index (χ0n) is 11.6. The Balaban J connectivity index is 2.57. The van der Waals surface area contributed by atoms with E-state index in [1.807, 2.05) is 11.7 Å². The zero-order valence-corrected chi connectivity index (χ0v) is 11.6. The van der Waals surface area contributed by atoms with Crippen LogP contribution in [0.4, 0.5) is 0 Å². The molecule has 0 aliphatic carbocycles. The van der Waals surface area contributed by atoms with E-state index in [-0.39, 0.29) is 0 Å². The minimum Gasteiger partial charge on any atom is -0.317 e. The molecule has 1 aromatic rings. The van der Waals surface area contributed by atoms with E-state index in [2.05, 4.69) is 48.2 Å². The molecule has 0 spiro atoms. The lowest BCUT2D eigenvalue weighted by molar-refractivity contribution is 0.358. The van der Waals surface area contributed by atoms with Crippen LogP contribution in [0.3, 0.4) is 0 Å². The lowest BCUT2D eigenvalue weighted by atomic mass is 10.1. The summed E-state index contributed by atoms with van der Waals surface area (Å²) in [5.74, 6) is 1.07. The highest BCUT2D eigenvalue weighted by Crippen LogP contribution is 2.08. The van der Waals surface area contributed by atoms with Crippen molar-refractivity contribution in [2.75, 3.05) is 27.7 Å². The summed E-state index contributed by atoms with van der Waals surface area (Å²) in [7, 11) is 6.21. The topological polar surface area (TPSA) is 46.0 Å². The molecule has 1 atom stereocenters. The molecule has 5 heteroatoms. The van der Waals surface area contributed by atoms with Crippen LogP contribution in [0.15, 0.2) is 6.33 Å². The Kier molecular flexibility index (Phi) is 5.58. The number of hydrogen-bond acceptors (Lipinski definition) is 4. The van der Waals surface area contributed by atoms with Crippen molar-refractivity contribution in [3.63, 3.8) is 0 Å². The summed E-state index contributed by atoms with van der Waals surface area (Å²) in [6.07, 6.45) is 3.70. The summed E-state index contributed by atoms with van der Waals surface area (Å²) >= 11 is 0. The van der Waals surface area contributed by atoms with Crippen LogP contribution >= 0.6 is 0 Å². The summed E-state index contributed by atoms with van der Waals surface area (Å²) < 4.78 is 2.00. The molecule has 0 fully saturated rings. The van der Waals surface area contributed by atoms with Gasteiger partial charge in [0.2, 0.25) is 0 Å². The lowest BCUT2D eigenvalue weighted by Gasteiger charge is -2.19. The fraction of sp³-hybridized carbons (Fsp3) is 0.833. The molecule has 1 heterocycles. The van der Waals surface area contributed by atoms with Crippen LogP contribution in [0.25, 0.3) is 0 Å². The summed E-state index contributed by atoms with van der Waals surface area (Å²) in [5, 5.41) is 7.62. The Bertz CT molecular complexity index is 318. The molecule has 1 N–H and O–H groups in total. The van der Waals surface area contributed by atoms with Crippen molar-refractivity contribution in [2.45, 2.75) is 38.8 Å². The van der Waals surface area contributed by atoms with E-state index in [0.29, 0.717) is 12.1 Å². The van der Waals surface area contributed by atoms with Gasteiger partial charge < -0.3 is 10.2 Å². The molecule has 1 rings (SSSR count). The van der Waals surface area contributed by atoms with Gasteiger partial charge in [0.1, 0.15) is 12.2 Å². The Labute approximate surface area is 104 Å². The molecule has 0 saturated heterocycles. The highest BCUT2D eigenvalue weighted by molar-refractivity contribution is 4.91. The van der Waals surface area contributed by atoms with E-state index in [0.717, 1.165) is 25.2 Å². The maximum atomic E-state index is 4.35. The molecule has 0 radical (unpaired) electrons. The molecule has 0 saturated carbocycles. The van der Waals surface area contributed by atoms with Crippen LogP contribution in [-0.2, 0) is 6.42 Å². The van der Waals surface area contributed by atoms with Gasteiger partial charge in [0, 0.05) is 18.5 Å². The molecule has 5 nitrogen and oxygen atoms in total. The highest BCUT2D eigenvalue weighted by atomic mass is 15.3. The normalized spacial score (nSPS) is 13.6. The first-order valence-electron chi connectivity index (χ1n) is 6.25. The Morgan fingerprint density at radius 2 is 2.12 bits per heavy atom. The second-order valence-corrected chi connectivity index (χ2v) is 5.00. The molecule has 1 unspecified atom stereocenters. The summed E-state index contributed by atoms with van der Waals surface area (Å²) in [6, 6.07) is 0.831. The predicted octanol–water partition coefficient (Wildman–Crippen LogP) is 0.941. The average molecular weight is 239 g/mol. The van der Waals surface area contributed by atoms with Gasteiger partial charge in [-0.3, -0.25) is 0 Å². The molecule has 98 valence electrons. The fourth-order valence-electron chi connectivity index (χ4n) is 1.83. The van der Waals surface area contributed by atoms with Gasteiger partial charge in [-0.05, 0) is 48.0 Å². The van der Waals surface area contributed by atoms with Crippen molar-refractivity contribution in [1.82, 2.24) is 25.0 Å². The molecule has 0 aromatic carbocycles. The van der Waals surface area contributed by atoms with Crippen molar-refractivity contribution in [3.8, 4) is 0 Å². The van der Waals surface area contributed by atoms with Gasteiger partial charge in [0.15, 0.2) is 0 Å². The number of hydrogen-bond donors (Lipinski definition) is 1. The summed E-state index contributed by atoms with van der Waals surface area (Å²) in [5.41, 5.74) is 0. The van der Waals surface area contributed by atoms with Crippen LogP contribution in [0.1, 0.15) is 32.1 Å². The first kappa shape index (κ1) is 14.1. The minimum absolute atomic E-state index is 0.374. The van der Waals surface area contributed by atoms with E-state index in [1.54, 1.807) is 6.33 Å². The van der Waals surface area contributed by atoms with Crippen molar-refractivity contribution in [2.24, 2.45) is 0 Å². The van der Waals surface area contributed by atoms with Gasteiger partial charge in [0.05, 0.1) is 0 Å².